The van der Waals surface area contributed by atoms with Crippen molar-refractivity contribution in [1.82, 2.24) is 5.32 Å². The van der Waals surface area contributed by atoms with Gasteiger partial charge in [-0.15, -0.1) is 0 Å². The van der Waals surface area contributed by atoms with Gasteiger partial charge < -0.3 is 14.8 Å². The van der Waals surface area contributed by atoms with E-state index in [-0.39, 0.29) is 18.8 Å². The number of carbonyl (C=O) groups is 3. The van der Waals surface area contributed by atoms with Crippen LogP contribution in [0, 0.1) is 0 Å². The van der Waals surface area contributed by atoms with Gasteiger partial charge in [0.1, 0.15) is 12.5 Å². The molecule has 23 heavy (non-hydrogen) atoms. The summed E-state index contributed by atoms with van der Waals surface area (Å²) in [6, 6.07) is -2.39. The van der Waals surface area contributed by atoms with E-state index < -0.39 is 42.1 Å². The van der Waals surface area contributed by atoms with E-state index in [2.05, 4.69) is 9.47 Å². The maximum absolute atomic E-state index is 13.1. The highest BCUT2D eigenvalue weighted by Crippen LogP contribution is 2.27. The molecule has 6 nitrogen and oxygen atoms in total. The molecule has 0 fully saturated rings. The van der Waals surface area contributed by atoms with E-state index >= 15 is 0 Å². The zero-order chi connectivity index (χ0) is 18.2. The second-order valence-electron chi connectivity index (χ2n) is 4.55. The summed E-state index contributed by atoms with van der Waals surface area (Å²) >= 11 is 0. The van der Waals surface area contributed by atoms with E-state index in [1.807, 2.05) is 0 Å². The SMILES string of the molecule is CCOC(=O)CC(=O)NC(C(C)=C(C)C(=O)OCC)C(F)(F)F. The molecule has 0 aliphatic rings. The van der Waals surface area contributed by atoms with Crippen LogP contribution in [0.15, 0.2) is 11.1 Å². The molecule has 0 saturated heterocycles. The molecule has 0 aliphatic carbocycles. The van der Waals surface area contributed by atoms with Gasteiger partial charge in [0.05, 0.1) is 13.2 Å². The lowest BCUT2D eigenvalue weighted by Gasteiger charge is -2.23. The average molecular weight is 339 g/mol. The summed E-state index contributed by atoms with van der Waals surface area (Å²) in [5, 5.41) is 1.69. The van der Waals surface area contributed by atoms with Gasteiger partial charge in [0.2, 0.25) is 5.91 Å². The molecule has 0 bridgehead atoms. The summed E-state index contributed by atoms with van der Waals surface area (Å²) in [5.74, 6) is -2.99. The first-order chi connectivity index (χ1) is 10.5. The second kappa shape index (κ2) is 9.16. The molecule has 0 spiro atoms. The molecular formula is C14H20F3NO5. The summed E-state index contributed by atoms with van der Waals surface area (Å²) in [5.41, 5.74) is -0.668. The Morgan fingerprint density at radius 1 is 1.04 bits per heavy atom. The smallest absolute Gasteiger partial charge is 0.412 e. The van der Waals surface area contributed by atoms with Gasteiger partial charge in [0, 0.05) is 5.57 Å². The van der Waals surface area contributed by atoms with Gasteiger partial charge in [-0.25, -0.2) is 4.79 Å². The number of rotatable bonds is 7. The van der Waals surface area contributed by atoms with Gasteiger partial charge in [-0.2, -0.15) is 13.2 Å². The highest BCUT2D eigenvalue weighted by molar-refractivity contribution is 5.95. The number of ether oxygens (including phenoxy) is 2. The van der Waals surface area contributed by atoms with Crippen LogP contribution >= 0.6 is 0 Å². The first-order valence-corrected chi connectivity index (χ1v) is 6.90. The monoisotopic (exact) mass is 339 g/mol. The molecule has 0 saturated carbocycles. The Hall–Kier alpha value is -2.06. The Morgan fingerprint density at radius 2 is 1.57 bits per heavy atom. The molecule has 0 heterocycles. The molecule has 1 N–H and O–H groups in total. The third kappa shape index (κ3) is 7.16. The minimum absolute atomic E-state index is 0.00928. The van der Waals surface area contributed by atoms with E-state index in [0.29, 0.717) is 0 Å². The predicted octanol–water partition coefficient (Wildman–Crippen LogP) is 1.89. The van der Waals surface area contributed by atoms with E-state index in [1.54, 1.807) is 5.32 Å². The molecule has 0 aromatic rings. The fourth-order valence-corrected chi connectivity index (χ4v) is 1.61. The second-order valence-corrected chi connectivity index (χ2v) is 4.55. The summed E-state index contributed by atoms with van der Waals surface area (Å²) in [4.78, 5) is 34.2. The molecule has 9 heteroatoms. The van der Waals surface area contributed by atoms with Crippen LogP contribution in [0.3, 0.4) is 0 Å². The lowest BCUT2D eigenvalue weighted by atomic mass is 10.0. The number of esters is 2. The van der Waals surface area contributed by atoms with E-state index in [4.69, 9.17) is 0 Å². The number of carbonyl (C=O) groups excluding carboxylic acids is 3. The van der Waals surface area contributed by atoms with Crippen molar-refractivity contribution in [1.29, 1.82) is 0 Å². The molecular weight excluding hydrogens is 319 g/mol. The van der Waals surface area contributed by atoms with E-state index in [0.717, 1.165) is 6.92 Å². The van der Waals surface area contributed by atoms with E-state index in [1.165, 1.54) is 20.8 Å². The van der Waals surface area contributed by atoms with Crippen molar-refractivity contribution in [3.63, 3.8) is 0 Å². The molecule has 0 aromatic heterocycles. The number of hydrogen-bond acceptors (Lipinski definition) is 5. The van der Waals surface area contributed by atoms with Crippen LogP contribution in [0.2, 0.25) is 0 Å². The Kier molecular flexibility index (Phi) is 8.34. The largest absolute Gasteiger partial charge is 0.466 e. The number of halogens is 3. The summed E-state index contributed by atoms with van der Waals surface area (Å²) in [7, 11) is 0. The van der Waals surface area contributed by atoms with E-state index in [9.17, 15) is 27.6 Å². The number of amides is 1. The van der Waals surface area contributed by atoms with Gasteiger partial charge in [-0.1, -0.05) is 0 Å². The molecule has 0 rings (SSSR count). The average Bonchev–Trinajstić information content (AvgIpc) is 2.42. The van der Waals surface area contributed by atoms with Crippen LogP contribution in [0.5, 0.6) is 0 Å². The highest BCUT2D eigenvalue weighted by atomic mass is 19.4. The van der Waals surface area contributed by atoms with Crippen LogP contribution in [-0.2, 0) is 23.9 Å². The fourth-order valence-electron chi connectivity index (χ4n) is 1.61. The van der Waals surface area contributed by atoms with Crippen molar-refractivity contribution < 1.29 is 37.0 Å². The Labute approximate surface area is 132 Å². The number of hydrogen-bond donors (Lipinski definition) is 1. The molecule has 1 unspecified atom stereocenters. The minimum atomic E-state index is -4.83. The third-order valence-corrected chi connectivity index (χ3v) is 2.85. The third-order valence-electron chi connectivity index (χ3n) is 2.85. The van der Waals surface area contributed by atoms with Crippen molar-refractivity contribution >= 4 is 17.8 Å². The molecule has 0 aromatic carbocycles. The minimum Gasteiger partial charge on any atom is -0.466 e. The Morgan fingerprint density at radius 3 is 2.00 bits per heavy atom. The number of alkyl halides is 3. The Bertz CT molecular complexity index is 485. The van der Waals surface area contributed by atoms with Crippen LogP contribution in [0.1, 0.15) is 34.1 Å². The highest BCUT2D eigenvalue weighted by Gasteiger charge is 2.43. The van der Waals surface area contributed by atoms with Crippen LogP contribution in [-0.4, -0.2) is 43.3 Å². The van der Waals surface area contributed by atoms with Crippen LogP contribution in [0.25, 0.3) is 0 Å². The molecule has 1 atom stereocenters. The predicted molar refractivity (Wildman–Crippen MR) is 74.2 cm³/mol. The van der Waals surface area contributed by atoms with Crippen molar-refractivity contribution in [3.05, 3.63) is 11.1 Å². The first-order valence-electron chi connectivity index (χ1n) is 6.90. The molecule has 0 aliphatic heterocycles. The van der Waals surface area contributed by atoms with Crippen molar-refractivity contribution in [2.24, 2.45) is 0 Å². The zero-order valence-electron chi connectivity index (χ0n) is 13.4. The quantitative estimate of drug-likeness (QED) is 0.435. The fraction of sp³-hybridized carbons (Fsp3) is 0.643. The van der Waals surface area contributed by atoms with Gasteiger partial charge >= 0.3 is 18.1 Å². The van der Waals surface area contributed by atoms with Gasteiger partial charge in [-0.05, 0) is 33.3 Å². The zero-order valence-corrected chi connectivity index (χ0v) is 13.4. The lowest BCUT2D eigenvalue weighted by Crippen LogP contribution is -2.47. The van der Waals surface area contributed by atoms with Gasteiger partial charge in [0.25, 0.3) is 0 Å². The lowest BCUT2D eigenvalue weighted by molar-refractivity contribution is -0.158. The maximum atomic E-state index is 13.1. The van der Waals surface area contributed by atoms with Crippen LogP contribution < -0.4 is 5.32 Å². The normalized spacial score (nSPS) is 13.7. The van der Waals surface area contributed by atoms with Gasteiger partial charge in [-0.3, -0.25) is 9.59 Å². The molecule has 1 amide bonds. The van der Waals surface area contributed by atoms with Crippen molar-refractivity contribution in [2.45, 2.75) is 46.3 Å². The van der Waals surface area contributed by atoms with Crippen molar-refractivity contribution in [3.8, 4) is 0 Å². The topological polar surface area (TPSA) is 81.7 Å². The van der Waals surface area contributed by atoms with Crippen LogP contribution in [0.4, 0.5) is 13.2 Å². The standard InChI is InChI=1S/C14H20F3NO5/c1-5-22-11(20)7-10(19)18-12(14(15,16)17)8(3)9(4)13(21)23-6-2/h12H,5-7H2,1-4H3,(H,18,19). The maximum Gasteiger partial charge on any atom is 0.412 e. The molecule has 132 valence electrons. The summed E-state index contributed by atoms with van der Waals surface area (Å²) < 4.78 is 48.5. The first kappa shape index (κ1) is 20.9. The summed E-state index contributed by atoms with van der Waals surface area (Å²) in [6.07, 6.45) is -5.67. The van der Waals surface area contributed by atoms with Crippen molar-refractivity contribution in [2.75, 3.05) is 13.2 Å². The Balaban J connectivity index is 5.25. The molecule has 0 radical (unpaired) electrons. The summed E-state index contributed by atoms with van der Waals surface area (Å²) in [6.45, 7) is 5.27. The van der Waals surface area contributed by atoms with Gasteiger partial charge in [0.15, 0.2) is 0 Å². The number of nitrogens with one attached hydrogen (secondary N) is 1.